The van der Waals surface area contributed by atoms with E-state index in [-0.39, 0.29) is 19.0 Å². The fraction of sp³-hybridized carbons (Fsp3) is 0.385. The number of hydrogen-bond donors (Lipinski definition) is 2. The highest BCUT2D eigenvalue weighted by molar-refractivity contribution is 7.13. The molecule has 0 atom stereocenters. The molecule has 0 spiro atoms. The van der Waals surface area contributed by atoms with Crippen molar-refractivity contribution in [1.82, 2.24) is 9.78 Å². The van der Waals surface area contributed by atoms with Crippen LogP contribution in [0.25, 0.3) is 10.6 Å². The van der Waals surface area contributed by atoms with Gasteiger partial charge in [0.15, 0.2) is 0 Å². The lowest BCUT2D eigenvalue weighted by Crippen LogP contribution is -2.19. The van der Waals surface area contributed by atoms with E-state index in [1.165, 1.54) is 16.0 Å². The van der Waals surface area contributed by atoms with Crippen molar-refractivity contribution in [2.75, 3.05) is 11.9 Å². The van der Waals surface area contributed by atoms with Gasteiger partial charge in [0.1, 0.15) is 11.5 Å². The first-order chi connectivity index (χ1) is 10.4. The van der Waals surface area contributed by atoms with Gasteiger partial charge < -0.3 is 10.4 Å². The molecule has 2 N–H and O–H groups in total. The standard InChI is InChI=1S/C13H14F3N3O2S/c14-13(15,16)4-3-12(21)17-11-8-9(10-2-1-7-22-10)18-19(11)5-6-20/h1-2,7-8,20H,3-6H2,(H,17,21). The van der Waals surface area contributed by atoms with Crippen LogP contribution in [-0.2, 0) is 11.3 Å². The predicted molar refractivity (Wildman–Crippen MR) is 76.5 cm³/mol. The molecule has 1 amide bonds. The summed E-state index contributed by atoms with van der Waals surface area (Å²) in [5.74, 6) is -0.473. The quantitative estimate of drug-likeness (QED) is 0.854. The van der Waals surface area contributed by atoms with E-state index in [9.17, 15) is 18.0 Å². The summed E-state index contributed by atoms with van der Waals surface area (Å²) in [5.41, 5.74) is 0.592. The summed E-state index contributed by atoms with van der Waals surface area (Å²) < 4.78 is 37.7. The molecule has 0 fully saturated rings. The highest BCUT2D eigenvalue weighted by atomic mass is 32.1. The zero-order valence-corrected chi connectivity index (χ0v) is 12.2. The van der Waals surface area contributed by atoms with Crippen molar-refractivity contribution < 1.29 is 23.1 Å². The second kappa shape index (κ2) is 6.93. The first-order valence-corrected chi connectivity index (χ1v) is 7.36. The number of nitrogens with zero attached hydrogens (tertiary/aromatic N) is 2. The molecule has 0 aromatic carbocycles. The van der Waals surface area contributed by atoms with Gasteiger partial charge in [0, 0.05) is 12.5 Å². The van der Waals surface area contributed by atoms with Crippen LogP contribution in [0, 0.1) is 0 Å². The lowest BCUT2D eigenvalue weighted by Gasteiger charge is -2.08. The number of nitrogens with one attached hydrogen (secondary N) is 1. The minimum atomic E-state index is -4.37. The summed E-state index contributed by atoms with van der Waals surface area (Å²) in [4.78, 5) is 12.5. The third-order valence-electron chi connectivity index (χ3n) is 2.77. The van der Waals surface area contributed by atoms with Crippen LogP contribution in [0.4, 0.5) is 19.0 Å². The number of halogens is 3. The number of aliphatic hydroxyl groups is 1. The molecule has 22 heavy (non-hydrogen) atoms. The van der Waals surface area contributed by atoms with E-state index in [2.05, 4.69) is 10.4 Å². The van der Waals surface area contributed by atoms with Gasteiger partial charge in [0.25, 0.3) is 0 Å². The van der Waals surface area contributed by atoms with Gasteiger partial charge in [-0.1, -0.05) is 6.07 Å². The van der Waals surface area contributed by atoms with Gasteiger partial charge in [-0.3, -0.25) is 4.79 Å². The van der Waals surface area contributed by atoms with Gasteiger partial charge in [-0.25, -0.2) is 4.68 Å². The summed E-state index contributed by atoms with van der Waals surface area (Å²) in [5, 5.41) is 17.5. The smallest absolute Gasteiger partial charge is 0.389 e. The van der Waals surface area contributed by atoms with Crippen LogP contribution in [0.1, 0.15) is 12.8 Å². The topological polar surface area (TPSA) is 67.2 Å². The number of amides is 1. The third-order valence-corrected chi connectivity index (χ3v) is 3.66. The lowest BCUT2D eigenvalue weighted by atomic mass is 10.3. The van der Waals surface area contributed by atoms with Gasteiger partial charge in [0.05, 0.1) is 24.4 Å². The number of anilines is 1. The number of carbonyl (C=O) groups is 1. The van der Waals surface area contributed by atoms with Crippen molar-refractivity contribution >= 4 is 23.1 Å². The molecule has 0 aliphatic rings. The number of aliphatic hydroxyl groups excluding tert-OH is 1. The molecule has 5 nitrogen and oxygen atoms in total. The molecular weight excluding hydrogens is 319 g/mol. The first kappa shape index (κ1) is 16.5. The predicted octanol–water partition coefficient (Wildman–Crippen LogP) is 2.88. The van der Waals surface area contributed by atoms with Crippen LogP contribution in [0.15, 0.2) is 23.6 Å². The lowest BCUT2D eigenvalue weighted by molar-refractivity contribution is -0.142. The number of carbonyl (C=O) groups excluding carboxylic acids is 1. The van der Waals surface area contributed by atoms with E-state index in [4.69, 9.17) is 5.11 Å². The van der Waals surface area contributed by atoms with Crippen LogP contribution in [0.2, 0.25) is 0 Å². The molecule has 2 aromatic rings. The van der Waals surface area contributed by atoms with E-state index in [0.717, 1.165) is 4.88 Å². The van der Waals surface area contributed by atoms with E-state index >= 15 is 0 Å². The Morgan fingerprint density at radius 1 is 1.45 bits per heavy atom. The van der Waals surface area contributed by atoms with E-state index in [0.29, 0.717) is 5.69 Å². The van der Waals surface area contributed by atoms with Crippen molar-refractivity contribution in [2.24, 2.45) is 0 Å². The molecule has 0 aliphatic heterocycles. The molecule has 0 aliphatic carbocycles. The third kappa shape index (κ3) is 4.57. The minimum absolute atomic E-state index is 0.139. The first-order valence-electron chi connectivity index (χ1n) is 6.48. The molecule has 0 saturated carbocycles. The Kier molecular flexibility index (Phi) is 5.19. The van der Waals surface area contributed by atoms with Crippen molar-refractivity contribution in [2.45, 2.75) is 25.6 Å². The number of alkyl halides is 3. The molecule has 120 valence electrons. The number of rotatable bonds is 6. The van der Waals surface area contributed by atoms with Crippen LogP contribution < -0.4 is 5.32 Å². The van der Waals surface area contributed by atoms with Crippen LogP contribution in [0.3, 0.4) is 0 Å². The largest absolute Gasteiger partial charge is 0.394 e. The fourth-order valence-corrected chi connectivity index (χ4v) is 2.47. The molecule has 2 aromatic heterocycles. The molecule has 0 radical (unpaired) electrons. The maximum Gasteiger partial charge on any atom is 0.389 e. The number of thiophene rings is 1. The summed E-state index contributed by atoms with van der Waals surface area (Å²) in [7, 11) is 0. The molecular formula is C13H14F3N3O2S. The van der Waals surface area contributed by atoms with E-state index in [1.54, 1.807) is 6.07 Å². The summed E-state index contributed by atoms with van der Waals surface area (Å²) in [6.07, 6.45) is -6.20. The molecule has 9 heteroatoms. The van der Waals surface area contributed by atoms with Crippen molar-refractivity contribution in [3.05, 3.63) is 23.6 Å². The van der Waals surface area contributed by atoms with Gasteiger partial charge in [0.2, 0.25) is 5.91 Å². The van der Waals surface area contributed by atoms with Crippen molar-refractivity contribution in [1.29, 1.82) is 0 Å². The van der Waals surface area contributed by atoms with Crippen LogP contribution in [-0.4, -0.2) is 33.6 Å². The van der Waals surface area contributed by atoms with Gasteiger partial charge in [-0.2, -0.15) is 18.3 Å². The summed E-state index contributed by atoms with van der Waals surface area (Å²) in [6.45, 7) is -0.0583. The SMILES string of the molecule is O=C(CCC(F)(F)F)Nc1cc(-c2cccs2)nn1CCO. The molecule has 0 bridgehead atoms. The second-order valence-electron chi connectivity index (χ2n) is 4.50. The molecule has 0 unspecified atom stereocenters. The Labute approximate surface area is 128 Å². The summed E-state index contributed by atoms with van der Waals surface area (Å²) in [6, 6.07) is 5.26. The van der Waals surface area contributed by atoms with Gasteiger partial charge in [-0.15, -0.1) is 11.3 Å². The number of aromatic nitrogens is 2. The normalized spacial score (nSPS) is 11.6. The maximum atomic E-state index is 12.1. The molecule has 2 heterocycles. The zero-order chi connectivity index (χ0) is 16.2. The molecule has 2 rings (SSSR count). The average Bonchev–Trinajstić information content (AvgIpc) is 3.06. The van der Waals surface area contributed by atoms with Crippen LogP contribution >= 0.6 is 11.3 Å². The van der Waals surface area contributed by atoms with Gasteiger partial charge in [-0.05, 0) is 11.4 Å². The Bertz CT molecular complexity index is 623. The highest BCUT2D eigenvalue weighted by Gasteiger charge is 2.28. The summed E-state index contributed by atoms with van der Waals surface area (Å²) >= 11 is 1.45. The second-order valence-corrected chi connectivity index (χ2v) is 5.45. The van der Waals surface area contributed by atoms with E-state index in [1.807, 2.05) is 17.5 Å². The highest BCUT2D eigenvalue weighted by Crippen LogP contribution is 2.26. The minimum Gasteiger partial charge on any atom is -0.394 e. The Morgan fingerprint density at radius 2 is 2.23 bits per heavy atom. The molecule has 0 saturated heterocycles. The zero-order valence-electron chi connectivity index (χ0n) is 11.4. The Morgan fingerprint density at radius 3 is 2.82 bits per heavy atom. The fourth-order valence-electron chi connectivity index (χ4n) is 1.79. The van der Waals surface area contributed by atoms with Crippen LogP contribution in [0.5, 0.6) is 0 Å². The Balaban J connectivity index is 2.10. The monoisotopic (exact) mass is 333 g/mol. The van der Waals surface area contributed by atoms with Crippen molar-refractivity contribution in [3.8, 4) is 10.6 Å². The maximum absolute atomic E-state index is 12.1. The Hall–Kier alpha value is -1.87. The number of hydrogen-bond acceptors (Lipinski definition) is 4. The van der Waals surface area contributed by atoms with E-state index < -0.39 is 24.9 Å². The van der Waals surface area contributed by atoms with Gasteiger partial charge >= 0.3 is 6.18 Å². The average molecular weight is 333 g/mol. The van der Waals surface area contributed by atoms with Crippen molar-refractivity contribution in [3.63, 3.8) is 0 Å².